The first-order valence-electron chi connectivity index (χ1n) is 4.35. The van der Waals surface area contributed by atoms with E-state index in [0.29, 0.717) is 0 Å². The summed E-state index contributed by atoms with van der Waals surface area (Å²) in [6.45, 7) is -0.578. The molecule has 7 heteroatoms. The van der Waals surface area contributed by atoms with E-state index in [0.717, 1.165) is 6.07 Å². The molecule has 0 spiro atoms. The van der Waals surface area contributed by atoms with E-state index in [1.807, 2.05) is 0 Å². The molecular formula is C9H11NO6. The number of nitro groups is 1. The highest BCUT2D eigenvalue weighted by atomic mass is 16.6. The molecule has 1 aromatic carbocycles. The molecule has 0 bridgehead atoms. The highest BCUT2D eigenvalue weighted by Crippen LogP contribution is 2.38. The highest BCUT2D eigenvalue weighted by Gasteiger charge is 2.22. The van der Waals surface area contributed by atoms with E-state index in [1.165, 1.54) is 13.2 Å². The van der Waals surface area contributed by atoms with Crippen molar-refractivity contribution in [3.05, 3.63) is 27.8 Å². The number of rotatable bonds is 4. The Balaban J connectivity index is 3.34. The Morgan fingerprint density at radius 2 is 2.19 bits per heavy atom. The van der Waals surface area contributed by atoms with Crippen LogP contribution in [0.15, 0.2) is 12.1 Å². The first-order chi connectivity index (χ1) is 7.51. The topological polar surface area (TPSA) is 113 Å². The van der Waals surface area contributed by atoms with Gasteiger partial charge in [-0.2, -0.15) is 0 Å². The summed E-state index contributed by atoms with van der Waals surface area (Å²) < 4.78 is 4.72. The first-order valence-corrected chi connectivity index (χ1v) is 4.35. The van der Waals surface area contributed by atoms with Crippen molar-refractivity contribution in [2.75, 3.05) is 13.7 Å². The Hall–Kier alpha value is -1.86. The standard InChI is InChI=1S/C9H11NO6/c1-16-8-3-5(7(12)4-11)2-6(9(8)13)10(14)15/h2-3,7,11-13H,4H2,1H3. The Bertz CT molecular complexity index is 405. The Labute approximate surface area is 90.7 Å². The van der Waals surface area contributed by atoms with E-state index in [4.69, 9.17) is 9.84 Å². The van der Waals surface area contributed by atoms with Gasteiger partial charge in [0.1, 0.15) is 6.10 Å². The van der Waals surface area contributed by atoms with Crippen molar-refractivity contribution in [3.63, 3.8) is 0 Å². The maximum absolute atomic E-state index is 10.6. The van der Waals surface area contributed by atoms with Crippen molar-refractivity contribution in [3.8, 4) is 11.5 Å². The van der Waals surface area contributed by atoms with Crippen molar-refractivity contribution >= 4 is 5.69 Å². The van der Waals surface area contributed by atoms with Crippen molar-refractivity contribution in [1.29, 1.82) is 0 Å². The summed E-state index contributed by atoms with van der Waals surface area (Å²) in [7, 11) is 1.23. The van der Waals surface area contributed by atoms with Gasteiger partial charge in [-0.05, 0) is 11.6 Å². The summed E-state index contributed by atoms with van der Waals surface area (Å²) in [6, 6.07) is 2.21. The Morgan fingerprint density at radius 1 is 1.56 bits per heavy atom. The SMILES string of the molecule is COc1cc(C(O)CO)cc([N+](=O)[O-])c1O. The molecule has 7 nitrogen and oxygen atoms in total. The predicted molar refractivity (Wildman–Crippen MR) is 53.4 cm³/mol. The molecule has 0 amide bonds. The molecule has 1 unspecified atom stereocenters. The molecule has 0 aromatic heterocycles. The van der Waals surface area contributed by atoms with E-state index in [-0.39, 0.29) is 11.3 Å². The number of aliphatic hydroxyl groups is 2. The van der Waals surface area contributed by atoms with E-state index >= 15 is 0 Å². The lowest BCUT2D eigenvalue weighted by atomic mass is 10.1. The van der Waals surface area contributed by atoms with Crippen LogP contribution in [0.3, 0.4) is 0 Å². The molecule has 0 radical (unpaired) electrons. The van der Waals surface area contributed by atoms with Crippen LogP contribution in [0.25, 0.3) is 0 Å². The lowest BCUT2D eigenvalue weighted by molar-refractivity contribution is -0.386. The molecule has 0 aliphatic heterocycles. The van der Waals surface area contributed by atoms with Crippen LogP contribution in [0.5, 0.6) is 11.5 Å². The fourth-order valence-electron chi connectivity index (χ4n) is 1.21. The first kappa shape index (κ1) is 12.2. The predicted octanol–water partition coefficient (Wildman–Crippen LogP) is 0.335. The third kappa shape index (κ3) is 2.20. The molecule has 1 rings (SSSR count). The van der Waals surface area contributed by atoms with Gasteiger partial charge in [0.05, 0.1) is 18.6 Å². The van der Waals surface area contributed by atoms with E-state index in [1.54, 1.807) is 0 Å². The molecule has 0 saturated carbocycles. The average molecular weight is 229 g/mol. The number of methoxy groups -OCH3 is 1. The van der Waals surface area contributed by atoms with E-state index in [2.05, 4.69) is 0 Å². The van der Waals surface area contributed by atoms with Crippen LogP contribution in [-0.2, 0) is 0 Å². The molecule has 0 saturated heterocycles. The van der Waals surface area contributed by atoms with Gasteiger partial charge in [0.2, 0.25) is 5.75 Å². The molecule has 1 aromatic rings. The number of benzene rings is 1. The van der Waals surface area contributed by atoms with Crippen molar-refractivity contribution in [1.82, 2.24) is 0 Å². The van der Waals surface area contributed by atoms with Gasteiger partial charge in [-0.15, -0.1) is 0 Å². The Kier molecular flexibility index (Phi) is 3.64. The summed E-state index contributed by atoms with van der Waals surface area (Å²) in [6.07, 6.45) is -1.26. The van der Waals surface area contributed by atoms with Gasteiger partial charge in [0, 0.05) is 6.07 Å². The summed E-state index contributed by atoms with van der Waals surface area (Å²) in [5, 5.41) is 38.1. The van der Waals surface area contributed by atoms with Crippen LogP contribution >= 0.6 is 0 Å². The summed E-state index contributed by atoms with van der Waals surface area (Å²) in [5.74, 6) is -0.738. The highest BCUT2D eigenvalue weighted by molar-refractivity contribution is 5.57. The van der Waals surface area contributed by atoms with Gasteiger partial charge in [-0.3, -0.25) is 10.1 Å². The van der Waals surface area contributed by atoms with Gasteiger partial charge < -0.3 is 20.1 Å². The number of phenols is 1. The molecular weight excluding hydrogens is 218 g/mol. The van der Waals surface area contributed by atoms with Crippen LogP contribution in [0, 0.1) is 10.1 Å². The second-order valence-electron chi connectivity index (χ2n) is 3.05. The third-order valence-corrected chi connectivity index (χ3v) is 2.05. The van der Waals surface area contributed by atoms with Crippen molar-refractivity contribution in [2.24, 2.45) is 0 Å². The number of nitro benzene ring substituents is 1. The van der Waals surface area contributed by atoms with Gasteiger partial charge >= 0.3 is 5.69 Å². The number of aliphatic hydroxyl groups excluding tert-OH is 2. The number of aromatic hydroxyl groups is 1. The minimum Gasteiger partial charge on any atom is -0.500 e. The van der Waals surface area contributed by atoms with Crippen LogP contribution in [0.2, 0.25) is 0 Å². The minimum atomic E-state index is -1.26. The number of nitrogens with zero attached hydrogens (tertiary/aromatic N) is 1. The van der Waals surface area contributed by atoms with Crippen molar-refractivity contribution < 1.29 is 25.0 Å². The van der Waals surface area contributed by atoms with E-state index < -0.39 is 29.1 Å². The molecule has 0 aliphatic rings. The molecule has 0 heterocycles. The maximum Gasteiger partial charge on any atom is 0.315 e. The zero-order valence-electron chi connectivity index (χ0n) is 8.45. The van der Waals surface area contributed by atoms with Gasteiger partial charge in [0.25, 0.3) is 0 Å². The van der Waals surface area contributed by atoms with E-state index in [9.17, 15) is 20.3 Å². The third-order valence-electron chi connectivity index (χ3n) is 2.05. The normalized spacial score (nSPS) is 12.2. The van der Waals surface area contributed by atoms with Gasteiger partial charge in [-0.25, -0.2) is 0 Å². The fourth-order valence-corrected chi connectivity index (χ4v) is 1.21. The van der Waals surface area contributed by atoms with Crippen molar-refractivity contribution in [2.45, 2.75) is 6.10 Å². The summed E-state index contributed by atoms with van der Waals surface area (Å²) in [4.78, 5) is 9.80. The molecule has 1 atom stereocenters. The molecule has 88 valence electrons. The lowest BCUT2D eigenvalue weighted by Crippen LogP contribution is -2.04. The van der Waals surface area contributed by atoms with Crippen LogP contribution < -0.4 is 4.74 Å². The monoisotopic (exact) mass is 229 g/mol. The smallest absolute Gasteiger partial charge is 0.315 e. The second kappa shape index (κ2) is 4.77. The van der Waals surface area contributed by atoms with Gasteiger partial charge in [0.15, 0.2) is 5.75 Å². The molecule has 0 aliphatic carbocycles. The number of hydrogen-bond acceptors (Lipinski definition) is 6. The maximum atomic E-state index is 10.6. The molecule has 3 N–H and O–H groups in total. The largest absolute Gasteiger partial charge is 0.500 e. The average Bonchev–Trinajstić information content (AvgIpc) is 2.27. The molecule has 0 fully saturated rings. The summed E-state index contributed by atoms with van der Waals surface area (Å²) >= 11 is 0. The van der Waals surface area contributed by atoms with Gasteiger partial charge in [-0.1, -0.05) is 0 Å². The zero-order chi connectivity index (χ0) is 12.3. The minimum absolute atomic E-state index is 0.101. The summed E-state index contributed by atoms with van der Waals surface area (Å²) in [5.41, 5.74) is -0.481. The number of phenolic OH excluding ortho intramolecular Hbond substituents is 1. The zero-order valence-corrected chi connectivity index (χ0v) is 8.45. The lowest BCUT2D eigenvalue weighted by Gasteiger charge is -2.10. The number of hydrogen-bond donors (Lipinski definition) is 3. The number of ether oxygens (including phenoxy) is 1. The second-order valence-corrected chi connectivity index (χ2v) is 3.05. The van der Waals surface area contributed by atoms with Crippen LogP contribution in [-0.4, -0.2) is 34.0 Å². The fraction of sp³-hybridized carbons (Fsp3) is 0.333. The van der Waals surface area contributed by atoms with Crippen LogP contribution in [0.4, 0.5) is 5.69 Å². The van der Waals surface area contributed by atoms with Crippen LogP contribution in [0.1, 0.15) is 11.7 Å². The molecule has 16 heavy (non-hydrogen) atoms. The Morgan fingerprint density at radius 3 is 2.62 bits per heavy atom. The quantitative estimate of drug-likeness (QED) is 0.506.